The fraction of sp³-hybridized carbons (Fsp3) is 0.293. The number of aromatic hydroxyl groups is 1. The maximum atomic E-state index is 11.7. The number of carbonyl (C=O) groups is 6. The minimum absolute atomic E-state index is 0.0399. The highest BCUT2D eigenvalue weighted by Gasteiger charge is 2.19. The van der Waals surface area contributed by atoms with Crippen molar-refractivity contribution in [3.05, 3.63) is 213 Å². The Morgan fingerprint density at radius 1 is 0.452 bits per heavy atom. The van der Waals surface area contributed by atoms with Gasteiger partial charge in [-0.05, 0) is 188 Å². The molecule has 104 heavy (non-hydrogen) atoms. The third-order valence-electron chi connectivity index (χ3n) is 15.3. The first-order valence-electron chi connectivity index (χ1n) is 33.3. The van der Waals surface area contributed by atoms with Crippen molar-refractivity contribution in [3.8, 4) is 68.5 Å². The number of H-pyrrole nitrogens is 1. The van der Waals surface area contributed by atoms with Crippen LogP contribution in [0.3, 0.4) is 0 Å². The number of nitrogens with one attached hydrogen (secondary N) is 1. The maximum Gasteiger partial charge on any atom is 0.344 e. The topological polar surface area (TPSA) is 245 Å². The molecule has 2 heterocycles. The van der Waals surface area contributed by atoms with Crippen molar-refractivity contribution in [2.75, 3.05) is 80.0 Å². The van der Waals surface area contributed by atoms with Crippen molar-refractivity contribution < 1.29 is 86.0 Å². The third kappa shape index (κ3) is 25.6. The van der Waals surface area contributed by atoms with Gasteiger partial charge >= 0.3 is 23.9 Å². The summed E-state index contributed by atoms with van der Waals surface area (Å²) in [6, 6.07) is 50.8. The largest absolute Gasteiger partial charge is 0.504 e. The van der Waals surface area contributed by atoms with Gasteiger partial charge in [0.25, 0.3) is 0 Å². The zero-order chi connectivity index (χ0) is 76.3. The average Bonchev–Trinajstić information content (AvgIpc) is 1.61. The minimum atomic E-state index is -0.450. The number of aromatic nitrogens is 2. The van der Waals surface area contributed by atoms with Crippen LogP contribution in [0, 0.1) is 41.5 Å². The van der Waals surface area contributed by atoms with E-state index in [0.29, 0.717) is 108 Å². The summed E-state index contributed by atoms with van der Waals surface area (Å²) >= 11 is 8.65. The normalized spacial score (nSPS) is 10.2. The van der Waals surface area contributed by atoms with Crippen LogP contribution in [0.15, 0.2) is 158 Å². The minimum Gasteiger partial charge on any atom is -0.504 e. The average molecular weight is 1510 g/mol. The van der Waals surface area contributed by atoms with Gasteiger partial charge in [0, 0.05) is 51.1 Å². The second kappa shape index (κ2) is 43.9. The molecule has 8 aromatic carbocycles. The van der Waals surface area contributed by atoms with Gasteiger partial charge in [-0.1, -0.05) is 111 Å². The van der Waals surface area contributed by atoms with Crippen LogP contribution >= 0.6 is 27.5 Å². The van der Waals surface area contributed by atoms with Gasteiger partial charge in [-0.25, -0.2) is 14.4 Å². The third-order valence-corrected chi connectivity index (χ3v) is 16.1. The number of aryl methyl sites for hydroxylation is 6. The van der Waals surface area contributed by atoms with E-state index in [2.05, 4.69) is 157 Å². The molecule has 0 radical (unpaired) electrons. The molecule has 20 nitrogen and oxygen atoms in total. The van der Waals surface area contributed by atoms with Crippen molar-refractivity contribution in [2.45, 2.75) is 81.7 Å². The number of halogens is 2. The fourth-order valence-corrected chi connectivity index (χ4v) is 10.5. The van der Waals surface area contributed by atoms with Crippen LogP contribution in [-0.4, -0.2) is 131 Å². The molecule has 0 aliphatic carbocycles. The van der Waals surface area contributed by atoms with Gasteiger partial charge in [-0.2, -0.15) is 0 Å². The summed E-state index contributed by atoms with van der Waals surface area (Å²) in [6.45, 7) is 21.5. The van der Waals surface area contributed by atoms with E-state index >= 15 is 0 Å². The lowest BCUT2D eigenvalue weighted by atomic mass is 10.0. The second-order valence-electron chi connectivity index (χ2n) is 22.9. The zero-order valence-corrected chi connectivity index (χ0v) is 63.7. The number of aromatic amines is 1. The Balaban J connectivity index is 0.000000240. The Bertz CT molecular complexity index is 4430. The van der Waals surface area contributed by atoms with E-state index in [4.69, 9.17) is 64.1 Å². The Morgan fingerprint density at radius 2 is 0.865 bits per heavy atom. The van der Waals surface area contributed by atoms with Crippen molar-refractivity contribution >= 4 is 85.8 Å². The van der Waals surface area contributed by atoms with Gasteiger partial charge in [0.2, 0.25) is 0 Å². The first-order chi connectivity index (χ1) is 50.0. The number of rotatable bonds is 25. The van der Waals surface area contributed by atoms with Crippen LogP contribution in [0.5, 0.6) is 46.0 Å². The number of ether oxygens (including phenoxy) is 11. The number of benzene rings is 8. The number of phenolic OH excluding ortho intramolecular Hbond substituents is 1. The number of esters is 4. The van der Waals surface area contributed by atoms with E-state index in [9.17, 15) is 28.8 Å². The lowest BCUT2D eigenvalue weighted by molar-refractivity contribution is -0.146. The van der Waals surface area contributed by atoms with Crippen molar-refractivity contribution in [1.29, 1.82) is 0 Å². The molecular weight excluding hydrogens is 1420 g/mol. The highest BCUT2D eigenvalue weighted by atomic mass is 79.9. The lowest BCUT2D eigenvalue weighted by Crippen LogP contribution is -2.15. The number of alkyl halides is 2. The summed E-state index contributed by atoms with van der Waals surface area (Å²) in [5.74, 6) is 2.23. The molecular formula is C82H92BrClN2O18. The summed E-state index contributed by atoms with van der Waals surface area (Å²) in [7, 11) is 6.03. The molecule has 10 rings (SSSR count). The summed E-state index contributed by atoms with van der Waals surface area (Å²) < 4.78 is 58.0. The molecule has 10 aromatic rings. The molecule has 0 fully saturated rings. The number of aldehydes is 2. The highest BCUT2D eigenvalue weighted by molar-refractivity contribution is 9.09. The van der Waals surface area contributed by atoms with Crippen molar-refractivity contribution in [1.82, 2.24) is 9.55 Å². The molecule has 0 saturated carbocycles. The molecule has 0 saturated heterocycles. The fourth-order valence-electron chi connectivity index (χ4n) is 10.2. The molecule has 2 N–H and O–H groups in total. The van der Waals surface area contributed by atoms with Crippen LogP contribution < -0.4 is 33.2 Å². The van der Waals surface area contributed by atoms with E-state index in [1.807, 2.05) is 24.3 Å². The molecule has 2 aromatic heterocycles. The number of methoxy groups -OCH3 is 4. The van der Waals surface area contributed by atoms with Gasteiger partial charge in [-0.15, -0.1) is 11.6 Å². The van der Waals surface area contributed by atoms with E-state index in [1.54, 1.807) is 59.1 Å². The molecule has 0 bridgehead atoms. The van der Waals surface area contributed by atoms with E-state index in [0.717, 1.165) is 11.1 Å². The highest BCUT2D eigenvalue weighted by Crippen LogP contribution is 2.37. The van der Waals surface area contributed by atoms with Crippen LogP contribution in [0.4, 0.5) is 0 Å². The number of nitrogens with zero attached hydrogens (tertiary/aromatic N) is 1. The smallest absolute Gasteiger partial charge is 0.344 e. The molecule has 0 unspecified atom stereocenters. The number of carbonyl (C=O) groups excluding carboxylic acids is 6. The van der Waals surface area contributed by atoms with Gasteiger partial charge in [0.1, 0.15) is 17.9 Å². The van der Waals surface area contributed by atoms with Crippen LogP contribution in [0.2, 0.25) is 0 Å². The van der Waals surface area contributed by atoms with Crippen LogP contribution in [0.25, 0.3) is 44.3 Å². The maximum absolute atomic E-state index is 11.7. The molecule has 0 aliphatic heterocycles. The molecule has 0 atom stereocenters. The van der Waals surface area contributed by atoms with E-state index in [1.165, 1.54) is 123 Å². The first-order valence-corrected chi connectivity index (χ1v) is 35.0. The Labute approximate surface area is 621 Å². The van der Waals surface area contributed by atoms with Gasteiger partial charge in [-0.3, -0.25) is 14.4 Å². The van der Waals surface area contributed by atoms with E-state index in [-0.39, 0.29) is 31.5 Å². The predicted molar refractivity (Wildman–Crippen MR) is 409 cm³/mol. The first kappa shape index (κ1) is 83.9. The summed E-state index contributed by atoms with van der Waals surface area (Å²) in [5, 5.41) is 12.0. The summed E-state index contributed by atoms with van der Waals surface area (Å²) in [5.41, 5.74) is 17.9. The van der Waals surface area contributed by atoms with Crippen molar-refractivity contribution in [3.63, 3.8) is 0 Å². The Hall–Kier alpha value is -10.8. The van der Waals surface area contributed by atoms with Gasteiger partial charge < -0.3 is 66.8 Å². The van der Waals surface area contributed by atoms with E-state index < -0.39 is 17.9 Å². The van der Waals surface area contributed by atoms with Gasteiger partial charge in [0.05, 0.1) is 60.6 Å². The van der Waals surface area contributed by atoms with Crippen LogP contribution in [-0.2, 0) is 50.6 Å². The SMILES string of the molecule is CCOC(=O)CBr.CCOC(=O)COc1ccc(C=O)cc1OC.CCOC(=O)COc1ccc(CCl)cc1OC.CCOC(=O)COc1ccc(Cn2c(-c3ccc(C)cc3)c(C)c3cc(C)ccc32)cc1OC.COc1cc(C=O)ccc1O.Cc1ccc(-c2[nH]c3ccc(C)cc3c2C)cc1. The second-order valence-corrected chi connectivity index (χ2v) is 23.7. The number of fused-ring (bicyclic) bond motifs is 2. The Morgan fingerprint density at radius 3 is 1.33 bits per heavy atom. The van der Waals surface area contributed by atoms with Crippen molar-refractivity contribution in [2.24, 2.45) is 0 Å². The summed E-state index contributed by atoms with van der Waals surface area (Å²) in [6.07, 6.45) is 1.40. The monoisotopic (exact) mass is 1510 g/mol. The standard InChI is InChI=1S/C29H31NO4.C17H17N.C12H15ClO4.C12H14O5.C8H8O3.C4H7BrO2/c1-6-33-28(31)18-34-26-14-10-22(16-27(26)32-5)17-30-25-13-9-20(3)15-24(25)21(4)29(30)23-11-7-19(2)8-12-23;1-11-4-7-14(8-5-11)17-13(3)15-10-12(2)6-9-16(15)18-17;2*1-3-16-12(14)8-17-10-5-4-9(7-13)6-11(10)15-2;1-11-8-4-6(5-9)2-3-7(8)10;1-2-7-4(6)3-5/h7-16H,6,17-18H2,1-5H3;4-10,18H,1-3H3;4-6H,3,7-8H2,1-2H3;4-7H,3,8H2,1-2H3;2-5,10H,1H3;2-3H2,1H3. The van der Waals surface area contributed by atoms with Crippen LogP contribution in [0.1, 0.15) is 92.9 Å². The van der Waals surface area contributed by atoms with Gasteiger partial charge in [0.15, 0.2) is 65.8 Å². The number of hydrogen-bond acceptors (Lipinski definition) is 18. The molecule has 0 amide bonds. The molecule has 552 valence electrons. The quantitative estimate of drug-likeness (QED) is 0.0234. The number of hydrogen-bond donors (Lipinski definition) is 2. The lowest BCUT2D eigenvalue weighted by Gasteiger charge is -2.15. The Kier molecular flexibility index (Phi) is 35.4. The number of phenols is 1. The zero-order valence-electron chi connectivity index (χ0n) is 61.3. The molecule has 0 aliphatic rings. The predicted octanol–water partition coefficient (Wildman–Crippen LogP) is 17.0. The summed E-state index contributed by atoms with van der Waals surface area (Å²) in [4.78, 5) is 68.4. The molecule has 0 spiro atoms. The molecule has 22 heteroatoms.